The molecular weight excluding hydrogens is 516 g/mol. The van der Waals surface area contributed by atoms with Crippen LogP contribution in [0.2, 0.25) is 0 Å². The molecule has 1 heterocycles. The van der Waals surface area contributed by atoms with Crippen molar-refractivity contribution < 1.29 is 59.1 Å². The average molecular weight is 553 g/mol. The highest BCUT2D eigenvalue weighted by Crippen LogP contribution is 2.54. The number of phenols is 2. The molecule has 2 aromatic carbocycles. The minimum Gasteiger partial charge on any atom is -0.502 e. The zero-order chi connectivity index (χ0) is 28.4. The molecule has 1 fully saturated rings. The van der Waals surface area contributed by atoms with Crippen molar-refractivity contribution in [3.8, 4) is 34.5 Å². The van der Waals surface area contributed by atoms with Gasteiger partial charge in [0.25, 0.3) is 0 Å². The second-order valence-corrected chi connectivity index (χ2v) is 9.68. The number of fused-ring (bicyclic) bond motifs is 1. The van der Waals surface area contributed by atoms with Crippen molar-refractivity contribution in [1.82, 2.24) is 0 Å². The highest BCUT2D eigenvalue weighted by atomic mass is 16.7. The van der Waals surface area contributed by atoms with Crippen LogP contribution in [0, 0.1) is 11.8 Å². The van der Waals surface area contributed by atoms with Crippen LogP contribution in [0.3, 0.4) is 0 Å². The van der Waals surface area contributed by atoms with Gasteiger partial charge in [-0.15, -0.1) is 0 Å². The highest BCUT2D eigenvalue weighted by molar-refractivity contribution is 5.64. The van der Waals surface area contributed by atoms with Crippen LogP contribution in [0.5, 0.6) is 34.5 Å². The molecule has 0 radical (unpaired) electrons. The fraction of sp³-hybridized carbons (Fsp3) is 0.556. The number of ether oxygens (including phenoxy) is 6. The SMILES string of the molecule is COc1cc([C@@H]2c3c(cc(OC)c(O)c3OC)C[C@H](CO)[C@H]2CO[C@H]2OC[C@@H](O)C(O)[C@@H]2O)cc(OC)c1O. The number of aliphatic hydroxyl groups excluding tert-OH is 4. The van der Waals surface area contributed by atoms with Crippen molar-refractivity contribution in [3.05, 3.63) is 34.9 Å². The normalized spacial score (nSPS) is 28.5. The molecule has 1 saturated heterocycles. The Morgan fingerprint density at radius 3 is 2.03 bits per heavy atom. The minimum atomic E-state index is -1.49. The minimum absolute atomic E-state index is 0.0542. The zero-order valence-electron chi connectivity index (χ0n) is 22.2. The molecule has 2 aliphatic rings. The van der Waals surface area contributed by atoms with E-state index in [-0.39, 0.29) is 60.2 Å². The highest BCUT2D eigenvalue weighted by Gasteiger charge is 2.44. The smallest absolute Gasteiger partial charge is 0.201 e. The Morgan fingerprint density at radius 2 is 1.46 bits per heavy atom. The molecule has 0 aromatic heterocycles. The number of phenolic OH excluding ortho intramolecular Hbond substituents is 2. The van der Waals surface area contributed by atoms with E-state index in [1.54, 1.807) is 18.2 Å². The Morgan fingerprint density at radius 1 is 0.846 bits per heavy atom. The van der Waals surface area contributed by atoms with Gasteiger partial charge in [0.1, 0.15) is 18.3 Å². The maximum absolute atomic E-state index is 11.0. The molecule has 0 saturated carbocycles. The summed E-state index contributed by atoms with van der Waals surface area (Å²) in [6, 6.07) is 4.96. The number of aliphatic hydroxyl groups is 4. The lowest BCUT2D eigenvalue weighted by molar-refractivity contribution is -0.274. The van der Waals surface area contributed by atoms with Gasteiger partial charge in [-0.2, -0.15) is 0 Å². The lowest BCUT2D eigenvalue weighted by Gasteiger charge is -2.42. The maximum Gasteiger partial charge on any atom is 0.201 e. The van der Waals surface area contributed by atoms with E-state index in [1.165, 1.54) is 28.4 Å². The van der Waals surface area contributed by atoms with Crippen LogP contribution < -0.4 is 18.9 Å². The Labute approximate surface area is 225 Å². The molecule has 6 N–H and O–H groups in total. The number of hydrogen-bond donors (Lipinski definition) is 6. The maximum atomic E-state index is 11.0. The Kier molecular flexibility index (Phi) is 8.94. The lowest BCUT2D eigenvalue weighted by Crippen LogP contribution is -2.54. The van der Waals surface area contributed by atoms with Crippen molar-refractivity contribution in [2.45, 2.75) is 36.9 Å². The second-order valence-electron chi connectivity index (χ2n) is 9.68. The first-order valence-corrected chi connectivity index (χ1v) is 12.5. The molecule has 2 aromatic rings. The van der Waals surface area contributed by atoms with E-state index in [9.17, 15) is 30.6 Å². The summed E-state index contributed by atoms with van der Waals surface area (Å²) in [7, 11) is 5.66. The first kappa shape index (κ1) is 29.0. The summed E-state index contributed by atoms with van der Waals surface area (Å²) in [5.41, 5.74) is 1.99. The van der Waals surface area contributed by atoms with E-state index in [4.69, 9.17) is 28.4 Å². The molecule has 216 valence electrons. The molecule has 12 heteroatoms. The Balaban J connectivity index is 1.86. The fourth-order valence-corrected chi connectivity index (χ4v) is 5.55. The molecule has 0 spiro atoms. The Hall–Kier alpha value is -3.00. The topological polar surface area (TPSA) is 177 Å². The van der Waals surface area contributed by atoms with Crippen molar-refractivity contribution >= 4 is 0 Å². The van der Waals surface area contributed by atoms with Gasteiger partial charge >= 0.3 is 0 Å². The van der Waals surface area contributed by atoms with Crippen LogP contribution in [0.15, 0.2) is 18.2 Å². The number of hydrogen-bond acceptors (Lipinski definition) is 12. The van der Waals surface area contributed by atoms with E-state index in [0.717, 1.165) is 5.56 Å². The van der Waals surface area contributed by atoms with Gasteiger partial charge in [0.05, 0.1) is 41.7 Å². The molecule has 39 heavy (non-hydrogen) atoms. The summed E-state index contributed by atoms with van der Waals surface area (Å²) in [4.78, 5) is 0. The van der Waals surface area contributed by atoms with Crippen LogP contribution in [-0.4, -0.2) is 104 Å². The molecule has 1 unspecified atom stereocenters. The Bertz CT molecular complexity index is 1130. The number of rotatable bonds is 9. The quantitative estimate of drug-likeness (QED) is 0.254. The molecule has 4 rings (SSSR count). The van der Waals surface area contributed by atoms with E-state index < -0.39 is 36.4 Å². The molecule has 7 atom stereocenters. The lowest BCUT2D eigenvalue weighted by atomic mass is 9.66. The molecule has 0 amide bonds. The molecule has 1 aliphatic heterocycles. The van der Waals surface area contributed by atoms with Crippen molar-refractivity contribution in [3.63, 3.8) is 0 Å². The zero-order valence-corrected chi connectivity index (χ0v) is 22.2. The van der Waals surface area contributed by atoms with Gasteiger partial charge in [-0.25, -0.2) is 0 Å². The number of benzene rings is 2. The van der Waals surface area contributed by atoms with Crippen LogP contribution in [0.4, 0.5) is 0 Å². The van der Waals surface area contributed by atoms with Crippen molar-refractivity contribution in [2.24, 2.45) is 11.8 Å². The van der Waals surface area contributed by atoms with Crippen LogP contribution >= 0.6 is 0 Å². The van der Waals surface area contributed by atoms with Gasteiger partial charge < -0.3 is 59.1 Å². The van der Waals surface area contributed by atoms with Gasteiger partial charge in [0.15, 0.2) is 29.3 Å². The summed E-state index contributed by atoms with van der Waals surface area (Å²) < 4.78 is 33.2. The van der Waals surface area contributed by atoms with Crippen LogP contribution in [-0.2, 0) is 15.9 Å². The second kappa shape index (κ2) is 12.0. The molecular formula is C27H36O12. The third kappa shape index (κ3) is 5.28. The third-order valence-electron chi connectivity index (χ3n) is 7.60. The average Bonchev–Trinajstić information content (AvgIpc) is 2.94. The number of methoxy groups -OCH3 is 4. The van der Waals surface area contributed by atoms with Gasteiger partial charge in [0.2, 0.25) is 11.5 Å². The van der Waals surface area contributed by atoms with E-state index >= 15 is 0 Å². The van der Waals surface area contributed by atoms with Gasteiger partial charge in [-0.1, -0.05) is 0 Å². The van der Waals surface area contributed by atoms with Crippen molar-refractivity contribution in [1.29, 1.82) is 0 Å². The van der Waals surface area contributed by atoms with Crippen molar-refractivity contribution in [2.75, 3.05) is 48.3 Å². The van der Waals surface area contributed by atoms with Crippen LogP contribution in [0.1, 0.15) is 22.6 Å². The van der Waals surface area contributed by atoms with E-state index in [0.29, 0.717) is 17.5 Å². The van der Waals surface area contributed by atoms with Gasteiger partial charge in [0, 0.05) is 18.1 Å². The summed E-state index contributed by atoms with van der Waals surface area (Å²) >= 11 is 0. The predicted molar refractivity (Wildman–Crippen MR) is 136 cm³/mol. The van der Waals surface area contributed by atoms with Gasteiger partial charge in [-0.3, -0.25) is 0 Å². The first-order valence-electron chi connectivity index (χ1n) is 12.5. The summed E-state index contributed by atoms with van der Waals surface area (Å²) in [5, 5.41) is 62.3. The van der Waals surface area contributed by atoms with Crippen LogP contribution in [0.25, 0.3) is 0 Å². The predicted octanol–water partition coefficient (Wildman–Crippen LogP) is 0.500. The fourth-order valence-electron chi connectivity index (χ4n) is 5.55. The summed E-state index contributed by atoms with van der Waals surface area (Å²) in [5.74, 6) is -1.16. The summed E-state index contributed by atoms with van der Waals surface area (Å²) in [6.07, 6.45) is -5.04. The third-order valence-corrected chi connectivity index (χ3v) is 7.60. The monoisotopic (exact) mass is 552 g/mol. The molecule has 1 aliphatic carbocycles. The van der Waals surface area contributed by atoms with E-state index in [1.807, 2.05) is 0 Å². The standard InChI is InChI=1S/C27H36O12/c1-34-17-7-13(8-18(35-2)23(17)31)20-15(10-38-27-25(33)22(30)16(29)11-39-27)14(9-28)5-12-6-19(36-3)24(32)26(37-4)21(12)20/h6-8,14-16,20,22,25,27-33H,5,9-11H2,1-4H3/t14-,15-,16-,20+,22?,25+,27+/m1/s1. The first-order chi connectivity index (χ1) is 18.7. The number of aromatic hydroxyl groups is 2. The molecule has 0 bridgehead atoms. The molecule has 12 nitrogen and oxygen atoms in total. The largest absolute Gasteiger partial charge is 0.502 e. The van der Waals surface area contributed by atoms with Gasteiger partial charge in [-0.05, 0) is 47.6 Å². The van der Waals surface area contributed by atoms with E-state index in [2.05, 4.69) is 0 Å². The summed E-state index contributed by atoms with van der Waals surface area (Å²) in [6.45, 7) is -0.504.